The van der Waals surface area contributed by atoms with E-state index in [4.69, 9.17) is 5.73 Å². The van der Waals surface area contributed by atoms with E-state index in [0.29, 0.717) is 13.0 Å². The van der Waals surface area contributed by atoms with Gasteiger partial charge >= 0.3 is 0 Å². The van der Waals surface area contributed by atoms with E-state index in [1.165, 1.54) is 5.56 Å². The van der Waals surface area contributed by atoms with Crippen LogP contribution < -0.4 is 5.73 Å². The lowest BCUT2D eigenvalue weighted by Gasteiger charge is -2.30. The van der Waals surface area contributed by atoms with Crippen LogP contribution >= 0.6 is 11.3 Å². The smallest absolute Gasteiger partial charge is 0.193 e. The van der Waals surface area contributed by atoms with Gasteiger partial charge in [0.2, 0.25) is 0 Å². The van der Waals surface area contributed by atoms with Crippen molar-refractivity contribution < 1.29 is 5.11 Å². The van der Waals surface area contributed by atoms with Crippen molar-refractivity contribution in [2.75, 3.05) is 13.2 Å². The number of imidazole rings is 1. The Morgan fingerprint density at radius 2 is 2.10 bits per heavy atom. The fourth-order valence-corrected chi connectivity index (χ4v) is 3.34. The zero-order valence-electron chi connectivity index (χ0n) is 12.0. The van der Waals surface area contributed by atoms with Crippen molar-refractivity contribution in [3.05, 3.63) is 58.9 Å². The van der Waals surface area contributed by atoms with Gasteiger partial charge in [-0.15, -0.1) is 11.3 Å². The molecule has 3 N–H and O–H groups in total. The van der Waals surface area contributed by atoms with Crippen molar-refractivity contribution in [1.82, 2.24) is 9.38 Å². The number of rotatable bonds is 5. The Hall–Kier alpha value is -1.69. The second-order valence-corrected chi connectivity index (χ2v) is 6.38. The fraction of sp³-hybridized carbons (Fsp3) is 0.312. The van der Waals surface area contributed by atoms with Crippen LogP contribution in [0.2, 0.25) is 0 Å². The summed E-state index contributed by atoms with van der Waals surface area (Å²) in [5, 5.41) is 12.0. The Morgan fingerprint density at radius 3 is 2.71 bits per heavy atom. The number of benzene rings is 1. The Balaban J connectivity index is 1.96. The van der Waals surface area contributed by atoms with E-state index >= 15 is 0 Å². The summed E-state index contributed by atoms with van der Waals surface area (Å²) < 4.78 is 2.01. The van der Waals surface area contributed by atoms with Crippen molar-refractivity contribution >= 4 is 16.3 Å². The molecule has 1 unspecified atom stereocenters. The van der Waals surface area contributed by atoms with Crippen LogP contribution in [0.15, 0.2) is 42.0 Å². The molecule has 0 fully saturated rings. The molecule has 1 aromatic carbocycles. The number of nitrogens with zero attached hydrogens (tertiary/aromatic N) is 2. The van der Waals surface area contributed by atoms with Crippen LogP contribution in [0.25, 0.3) is 4.96 Å². The molecule has 3 rings (SSSR count). The van der Waals surface area contributed by atoms with Crippen LogP contribution in [-0.4, -0.2) is 27.6 Å². The maximum absolute atomic E-state index is 9.97. The summed E-state index contributed by atoms with van der Waals surface area (Å²) in [6.07, 6.45) is 4.64. The van der Waals surface area contributed by atoms with Crippen molar-refractivity contribution in [2.45, 2.75) is 18.8 Å². The predicted molar refractivity (Wildman–Crippen MR) is 85.8 cm³/mol. The number of fused-ring (bicyclic) bond motifs is 1. The van der Waals surface area contributed by atoms with Gasteiger partial charge < -0.3 is 10.8 Å². The first-order chi connectivity index (χ1) is 10.2. The van der Waals surface area contributed by atoms with Crippen LogP contribution in [0.4, 0.5) is 0 Å². The first-order valence-corrected chi connectivity index (χ1v) is 7.84. The average molecular weight is 301 g/mol. The SMILES string of the molecule is Cc1ccc(C(CN)(CO)Cc2cn3ccsc3n2)cc1. The molecule has 3 aromatic rings. The zero-order chi connectivity index (χ0) is 14.9. The van der Waals surface area contributed by atoms with E-state index in [0.717, 1.165) is 16.2 Å². The lowest BCUT2D eigenvalue weighted by molar-refractivity contribution is 0.195. The van der Waals surface area contributed by atoms with Crippen molar-refractivity contribution in [1.29, 1.82) is 0 Å². The molecule has 0 amide bonds. The second kappa shape index (κ2) is 5.60. The molecule has 110 valence electrons. The van der Waals surface area contributed by atoms with Crippen molar-refractivity contribution in [3.8, 4) is 0 Å². The van der Waals surface area contributed by atoms with E-state index in [2.05, 4.69) is 36.2 Å². The number of aliphatic hydroxyl groups is 1. The van der Waals surface area contributed by atoms with E-state index < -0.39 is 5.41 Å². The number of nitrogens with two attached hydrogens (primary N) is 1. The Kier molecular flexibility index (Phi) is 3.80. The molecular weight excluding hydrogens is 282 g/mol. The van der Waals surface area contributed by atoms with Crippen LogP contribution in [0.3, 0.4) is 0 Å². The van der Waals surface area contributed by atoms with Crippen LogP contribution in [0.5, 0.6) is 0 Å². The molecule has 21 heavy (non-hydrogen) atoms. The first kappa shape index (κ1) is 14.3. The number of aryl methyl sites for hydroxylation is 1. The molecule has 2 heterocycles. The maximum Gasteiger partial charge on any atom is 0.193 e. The summed E-state index contributed by atoms with van der Waals surface area (Å²) in [5.74, 6) is 0. The Morgan fingerprint density at radius 1 is 1.33 bits per heavy atom. The molecule has 0 aliphatic carbocycles. The Labute approximate surface area is 127 Å². The van der Waals surface area contributed by atoms with Gasteiger partial charge in [0.05, 0.1) is 12.3 Å². The average Bonchev–Trinajstić information content (AvgIpc) is 3.07. The summed E-state index contributed by atoms with van der Waals surface area (Å²) in [4.78, 5) is 5.58. The van der Waals surface area contributed by atoms with Gasteiger partial charge in [-0.3, -0.25) is 4.40 Å². The molecule has 0 aliphatic rings. The van der Waals surface area contributed by atoms with Crippen LogP contribution in [-0.2, 0) is 11.8 Å². The highest BCUT2D eigenvalue weighted by molar-refractivity contribution is 7.15. The van der Waals surface area contributed by atoms with Gasteiger partial charge in [-0.2, -0.15) is 0 Å². The highest BCUT2D eigenvalue weighted by Crippen LogP contribution is 2.28. The minimum atomic E-state index is -0.474. The van der Waals surface area contributed by atoms with E-state index in [-0.39, 0.29) is 6.61 Å². The highest BCUT2D eigenvalue weighted by atomic mass is 32.1. The molecule has 0 saturated heterocycles. The summed E-state index contributed by atoms with van der Waals surface area (Å²) in [5.41, 5.74) is 8.76. The molecule has 2 aromatic heterocycles. The van der Waals surface area contributed by atoms with Gasteiger partial charge in [0.25, 0.3) is 0 Å². The third-order valence-corrected chi connectivity index (χ3v) is 4.79. The largest absolute Gasteiger partial charge is 0.395 e. The molecular formula is C16H19N3OS. The summed E-state index contributed by atoms with van der Waals surface area (Å²) in [7, 11) is 0. The fourth-order valence-electron chi connectivity index (χ4n) is 2.62. The van der Waals surface area contributed by atoms with Crippen LogP contribution in [0.1, 0.15) is 16.8 Å². The van der Waals surface area contributed by atoms with Crippen LogP contribution in [0, 0.1) is 6.92 Å². The third-order valence-electron chi connectivity index (χ3n) is 4.02. The molecule has 0 bridgehead atoms. The quantitative estimate of drug-likeness (QED) is 0.759. The normalized spacial score (nSPS) is 14.4. The number of thiazole rings is 1. The summed E-state index contributed by atoms with van der Waals surface area (Å²) >= 11 is 1.61. The lowest BCUT2D eigenvalue weighted by Crippen LogP contribution is -2.41. The van der Waals surface area contributed by atoms with Crippen molar-refractivity contribution in [2.24, 2.45) is 5.73 Å². The first-order valence-electron chi connectivity index (χ1n) is 6.96. The molecule has 1 atom stereocenters. The standard InChI is InChI=1S/C16H19N3OS/c1-12-2-4-13(5-3-12)16(10-17,11-20)8-14-9-19-6-7-21-15(19)18-14/h2-7,9,20H,8,10-11,17H2,1H3. The molecule has 0 aliphatic heterocycles. The van der Waals surface area contributed by atoms with Gasteiger partial charge in [-0.25, -0.2) is 4.98 Å². The molecule has 0 spiro atoms. The summed E-state index contributed by atoms with van der Waals surface area (Å²) in [6, 6.07) is 8.22. The maximum atomic E-state index is 9.97. The van der Waals surface area contributed by atoms with Gasteiger partial charge in [-0.1, -0.05) is 29.8 Å². The van der Waals surface area contributed by atoms with Gasteiger partial charge in [-0.05, 0) is 12.5 Å². The topological polar surface area (TPSA) is 63.5 Å². The number of hydrogen-bond donors (Lipinski definition) is 2. The highest BCUT2D eigenvalue weighted by Gasteiger charge is 2.31. The lowest BCUT2D eigenvalue weighted by atomic mass is 9.77. The number of aliphatic hydroxyl groups excluding tert-OH is 1. The Bertz CT molecular complexity index is 697. The van der Waals surface area contributed by atoms with E-state index in [1.807, 2.05) is 22.2 Å². The van der Waals surface area contributed by atoms with Gasteiger partial charge in [0, 0.05) is 36.2 Å². The zero-order valence-corrected chi connectivity index (χ0v) is 12.8. The minimum absolute atomic E-state index is 0.0116. The molecule has 0 radical (unpaired) electrons. The predicted octanol–water partition coefficient (Wildman–Crippen LogP) is 2.14. The number of aromatic nitrogens is 2. The molecule has 5 heteroatoms. The summed E-state index contributed by atoms with van der Waals surface area (Å²) in [6.45, 7) is 2.45. The minimum Gasteiger partial charge on any atom is -0.395 e. The molecule has 4 nitrogen and oxygen atoms in total. The third kappa shape index (κ3) is 2.60. The monoisotopic (exact) mass is 301 g/mol. The van der Waals surface area contributed by atoms with E-state index in [9.17, 15) is 5.11 Å². The second-order valence-electron chi connectivity index (χ2n) is 5.51. The van der Waals surface area contributed by atoms with E-state index in [1.54, 1.807) is 11.3 Å². The molecule has 0 saturated carbocycles. The van der Waals surface area contributed by atoms with Gasteiger partial charge in [0.1, 0.15) is 0 Å². The van der Waals surface area contributed by atoms with Crippen molar-refractivity contribution in [3.63, 3.8) is 0 Å². The van der Waals surface area contributed by atoms with Gasteiger partial charge in [0.15, 0.2) is 4.96 Å². The number of hydrogen-bond acceptors (Lipinski definition) is 4.